The van der Waals surface area contributed by atoms with Crippen LogP contribution in [-0.2, 0) is 12.8 Å². The number of benzene rings is 1. The van der Waals surface area contributed by atoms with Crippen molar-refractivity contribution < 1.29 is 4.42 Å². The van der Waals surface area contributed by atoms with Gasteiger partial charge in [0.15, 0.2) is 0 Å². The van der Waals surface area contributed by atoms with E-state index in [9.17, 15) is 4.79 Å². The highest BCUT2D eigenvalue weighted by molar-refractivity contribution is 5.85. The molecule has 0 unspecified atom stereocenters. The quantitative estimate of drug-likeness (QED) is 0.631. The first kappa shape index (κ1) is 7.80. The summed E-state index contributed by atoms with van der Waals surface area (Å²) in [5, 5.41) is 1.80. The molecule has 0 atom stereocenters. The van der Waals surface area contributed by atoms with Crippen molar-refractivity contribution in [3.8, 4) is 0 Å². The van der Waals surface area contributed by atoms with E-state index in [1.807, 2.05) is 24.3 Å². The SMILES string of the molecule is O=c1oc2c(c3ccccc13)CCC2. The van der Waals surface area contributed by atoms with Gasteiger partial charge in [-0.05, 0) is 29.9 Å². The predicted molar refractivity (Wildman–Crippen MR) is 54.5 cm³/mol. The summed E-state index contributed by atoms with van der Waals surface area (Å²) in [6.45, 7) is 0. The minimum Gasteiger partial charge on any atom is -0.427 e. The molecule has 1 aliphatic carbocycles. The molecule has 0 saturated carbocycles. The highest BCUT2D eigenvalue weighted by Gasteiger charge is 2.17. The zero-order valence-electron chi connectivity index (χ0n) is 7.75. The van der Waals surface area contributed by atoms with Gasteiger partial charge in [-0.2, -0.15) is 0 Å². The molecule has 1 aromatic carbocycles. The van der Waals surface area contributed by atoms with E-state index in [2.05, 4.69) is 0 Å². The van der Waals surface area contributed by atoms with Crippen LogP contribution in [0.3, 0.4) is 0 Å². The van der Waals surface area contributed by atoms with Crippen LogP contribution >= 0.6 is 0 Å². The molecule has 2 nitrogen and oxygen atoms in total. The smallest absolute Gasteiger partial charge is 0.343 e. The number of hydrogen-bond acceptors (Lipinski definition) is 2. The normalized spacial score (nSPS) is 14.6. The second-order valence-corrected chi connectivity index (χ2v) is 3.69. The van der Waals surface area contributed by atoms with Crippen molar-refractivity contribution in [1.29, 1.82) is 0 Å². The van der Waals surface area contributed by atoms with Crippen LogP contribution in [0.4, 0.5) is 0 Å². The van der Waals surface area contributed by atoms with Crippen molar-refractivity contribution in [2.24, 2.45) is 0 Å². The highest BCUT2D eigenvalue weighted by atomic mass is 16.4. The van der Waals surface area contributed by atoms with Crippen LogP contribution in [-0.4, -0.2) is 0 Å². The fourth-order valence-corrected chi connectivity index (χ4v) is 2.20. The van der Waals surface area contributed by atoms with Gasteiger partial charge in [-0.15, -0.1) is 0 Å². The Morgan fingerprint density at radius 2 is 1.86 bits per heavy atom. The monoisotopic (exact) mass is 186 g/mol. The largest absolute Gasteiger partial charge is 0.427 e. The van der Waals surface area contributed by atoms with Crippen molar-refractivity contribution >= 4 is 10.8 Å². The Morgan fingerprint density at radius 1 is 1.07 bits per heavy atom. The maximum absolute atomic E-state index is 11.6. The van der Waals surface area contributed by atoms with E-state index in [-0.39, 0.29) is 5.63 Å². The fourth-order valence-electron chi connectivity index (χ4n) is 2.20. The Labute approximate surface area is 81.2 Å². The van der Waals surface area contributed by atoms with Gasteiger partial charge in [0.2, 0.25) is 0 Å². The Balaban J connectivity index is 2.53. The summed E-state index contributed by atoms with van der Waals surface area (Å²) in [5.41, 5.74) is 1.04. The molecule has 1 aliphatic rings. The van der Waals surface area contributed by atoms with Gasteiger partial charge >= 0.3 is 5.63 Å². The molecule has 0 amide bonds. The van der Waals surface area contributed by atoms with Crippen molar-refractivity contribution in [3.05, 3.63) is 46.0 Å². The van der Waals surface area contributed by atoms with Crippen LogP contribution in [0.5, 0.6) is 0 Å². The zero-order chi connectivity index (χ0) is 9.54. The first-order valence-corrected chi connectivity index (χ1v) is 4.90. The van der Waals surface area contributed by atoms with Crippen LogP contribution in [0.1, 0.15) is 17.7 Å². The Bertz CT molecular complexity index is 552. The van der Waals surface area contributed by atoms with Crippen molar-refractivity contribution in [2.75, 3.05) is 0 Å². The molecule has 1 heterocycles. The zero-order valence-corrected chi connectivity index (χ0v) is 7.75. The molecule has 0 saturated heterocycles. The number of fused-ring (bicyclic) bond motifs is 3. The topological polar surface area (TPSA) is 30.2 Å². The van der Waals surface area contributed by atoms with Crippen LogP contribution in [0.15, 0.2) is 33.5 Å². The van der Waals surface area contributed by atoms with Gasteiger partial charge in [0.25, 0.3) is 0 Å². The average molecular weight is 186 g/mol. The van der Waals surface area contributed by atoms with Gasteiger partial charge in [-0.3, -0.25) is 0 Å². The molecule has 0 N–H and O–H groups in total. The standard InChI is InChI=1S/C12H10O2/c13-12-10-5-2-1-4-8(10)9-6-3-7-11(9)14-12/h1-2,4-5H,3,6-7H2. The highest BCUT2D eigenvalue weighted by Crippen LogP contribution is 2.27. The van der Waals surface area contributed by atoms with Crippen LogP contribution < -0.4 is 5.63 Å². The first-order chi connectivity index (χ1) is 6.86. The molecular formula is C12H10O2. The molecular weight excluding hydrogens is 176 g/mol. The number of rotatable bonds is 0. The van der Waals surface area contributed by atoms with Crippen LogP contribution in [0.2, 0.25) is 0 Å². The molecule has 0 radical (unpaired) electrons. The predicted octanol–water partition coefficient (Wildman–Crippen LogP) is 2.28. The van der Waals surface area contributed by atoms with E-state index in [0.717, 1.165) is 30.4 Å². The molecule has 2 heteroatoms. The Morgan fingerprint density at radius 3 is 2.71 bits per heavy atom. The van der Waals surface area contributed by atoms with E-state index in [1.54, 1.807) is 0 Å². The van der Waals surface area contributed by atoms with E-state index < -0.39 is 0 Å². The van der Waals surface area contributed by atoms with Crippen molar-refractivity contribution in [3.63, 3.8) is 0 Å². The number of aryl methyl sites for hydroxylation is 2. The average Bonchev–Trinajstić information content (AvgIpc) is 2.66. The van der Waals surface area contributed by atoms with Crippen molar-refractivity contribution in [1.82, 2.24) is 0 Å². The van der Waals surface area contributed by atoms with Gasteiger partial charge in [-0.1, -0.05) is 18.2 Å². The molecule has 3 rings (SSSR count). The summed E-state index contributed by atoms with van der Waals surface area (Å²) in [6, 6.07) is 7.69. The molecule has 70 valence electrons. The third kappa shape index (κ3) is 0.939. The fraction of sp³-hybridized carbons (Fsp3) is 0.250. The molecule has 0 spiro atoms. The minimum atomic E-state index is -0.193. The van der Waals surface area contributed by atoms with E-state index >= 15 is 0 Å². The molecule has 1 aromatic heterocycles. The third-order valence-corrected chi connectivity index (χ3v) is 2.86. The minimum absolute atomic E-state index is 0.193. The number of hydrogen-bond donors (Lipinski definition) is 0. The first-order valence-electron chi connectivity index (χ1n) is 4.90. The van der Waals surface area contributed by atoms with Gasteiger partial charge in [0, 0.05) is 6.42 Å². The third-order valence-electron chi connectivity index (χ3n) is 2.86. The summed E-state index contributed by atoms with van der Waals surface area (Å²) >= 11 is 0. The Hall–Kier alpha value is -1.57. The summed E-state index contributed by atoms with van der Waals surface area (Å²) in [4.78, 5) is 11.6. The lowest BCUT2D eigenvalue weighted by Gasteiger charge is -2.02. The van der Waals surface area contributed by atoms with Gasteiger partial charge in [-0.25, -0.2) is 4.79 Å². The Kier molecular flexibility index (Phi) is 1.51. The summed E-state index contributed by atoms with van der Waals surface area (Å²) in [7, 11) is 0. The van der Waals surface area contributed by atoms with Crippen molar-refractivity contribution in [2.45, 2.75) is 19.3 Å². The van der Waals surface area contributed by atoms with Gasteiger partial charge < -0.3 is 4.42 Å². The molecule has 2 aromatic rings. The van der Waals surface area contributed by atoms with Gasteiger partial charge in [0.05, 0.1) is 5.39 Å². The second-order valence-electron chi connectivity index (χ2n) is 3.69. The van der Waals surface area contributed by atoms with E-state index in [4.69, 9.17) is 4.42 Å². The van der Waals surface area contributed by atoms with Crippen LogP contribution in [0.25, 0.3) is 10.8 Å². The van der Waals surface area contributed by atoms with Crippen LogP contribution in [0, 0.1) is 0 Å². The molecule has 0 aliphatic heterocycles. The van der Waals surface area contributed by atoms with Gasteiger partial charge in [0.1, 0.15) is 5.76 Å². The molecule has 0 bridgehead atoms. The molecule has 14 heavy (non-hydrogen) atoms. The van der Waals surface area contributed by atoms with E-state index in [0.29, 0.717) is 5.39 Å². The lowest BCUT2D eigenvalue weighted by atomic mass is 10.1. The maximum atomic E-state index is 11.6. The summed E-state index contributed by atoms with van der Waals surface area (Å²) in [5.74, 6) is 0.897. The lowest BCUT2D eigenvalue weighted by molar-refractivity contribution is 0.474. The molecule has 0 fully saturated rings. The summed E-state index contributed by atoms with van der Waals surface area (Å²) in [6.07, 6.45) is 3.06. The van der Waals surface area contributed by atoms with E-state index in [1.165, 1.54) is 5.56 Å². The second kappa shape index (κ2) is 2.71. The maximum Gasteiger partial charge on any atom is 0.343 e. The lowest BCUT2D eigenvalue weighted by Crippen LogP contribution is -2.02. The summed E-state index contributed by atoms with van der Waals surface area (Å²) < 4.78 is 5.28.